The van der Waals surface area contributed by atoms with Crippen LogP contribution in [0.1, 0.15) is 328 Å². The second kappa shape index (κ2) is 60.0. The van der Waals surface area contributed by atoms with E-state index in [9.17, 15) is 30.3 Å². The first-order valence-corrected chi connectivity index (χ1v) is 34.5. The molecule has 1 heterocycles. The van der Waals surface area contributed by atoms with E-state index in [0.717, 1.165) is 70.6 Å². The van der Waals surface area contributed by atoms with E-state index in [-0.39, 0.29) is 12.5 Å². The summed E-state index contributed by atoms with van der Waals surface area (Å²) in [6.45, 7) is 3.76. The predicted molar refractivity (Wildman–Crippen MR) is 341 cm³/mol. The van der Waals surface area contributed by atoms with Gasteiger partial charge in [0.1, 0.15) is 24.4 Å². The number of hydrogen-bond acceptors (Lipinski definition) is 8. The minimum absolute atomic E-state index is 0.134. The molecule has 1 aliphatic rings. The molecule has 7 atom stereocenters. The van der Waals surface area contributed by atoms with Crippen molar-refractivity contribution in [2.24, 2.45) is 0 Å². The monoisotopic (exact) mass is 1130 g/mol. The zero-order valence-electron chi connectivity index (χ0n) is 52.3. The Balaban J connectivity index is 2.05. The fourth-order valence-corrected chi connectivity index (χ4v) is 11.0. The topological polar surface area (TPSA) is 149 Å². The molecule has 0 aromatic carbocycles. The first kappa shape index (κ1) is 75.9. The van der Waals surface area contributed by atoms with Gasteiger partial charge < -0.3 is 40.3 Å². The van der Waals surface area contributed by atoms with Gasteiger partial charge in [0.15, 0.2) is 6.29 Å². The number of hydrogen-bond donors (Lipinski definition) is 6. The lowest BCUT2D eigenvalue weighted by atomic mass is 9.99. The molecule has 0 radical (unpaired) electrons. The largest absolute Gasteiger partial charge is 0.394 e. The van der Waals surface area contributed by atoms with Crippen molar-refractivity contribution in [1.29, 1.82) is 0 Å². The van der Waals surface area contributed by atoms with E-state index in [1.54, 1.807) is 0 Å². The van der Waals surface area contributed by atoms with Crippen molar-refractivity contribution in [2.45, 2.75) is 371 Å². The van der Waals surface area contributed by atoms with Crippen LogP contribution in [0.15, 0.2) is 60.8 Å². The van der Waals surface area contributed by atoms with Gasteiger partial charge >= 0.3 is 0 Å². The Labute approximate surface area is 494 Å². The minimum atomic E-state index is -1.55. The predicted octanol–water partition coefficient (Wildman–Crippen LogP) is 18.6. The molecule has 9 nitrogen and oxygen atoms in total. The lowest BCUT2D eigenvalue weighted by Gasteiger charge is -2.40. The summed E-state index contributed by atoms with van der Waals surface area (Å²) >= 11 is 0. The molecule has 0 aromatic heterocycles. The van der Waals surface area contributed by atoms with E-state index in [1.807, 2.05) is 0 Å². The molecular formula is C71H131NO8. The molecule has 1 saturated heterocycles. The number of nitrogens with one attached hydrogen (secondary N) is 1. The second-order valence-electron chi connectivity index (χ2n) is 23.9. The lowest BCUT2D eigenvalue weighted by Crippen LogP contribution is -2.60. The summed E-state index contributed by atoms with van der Waals surface area (Å²) in [5.74, 6) is -0.138. The molecule has 80 heavy (non-hydrogen) atoms. The van der Waals surface area contributed by atoms with Crippen molar-refractivity contribution in [3.8, 4) is 0 Å². The highest BCUT2D eigenvalue weighted by atomic mass is 16.7. The minimum Gasteiger partial charge on any atom is -0.394 e. The van der Waals surface area contributed by atoms with Crippen molar-refractivity contribution in [3.05, 3.63) is 60.8 Å². The van der Waals surface area contributed by atoms with E-state index in [1.165, 1.54) is 231 Å². The van der Waals surface area contributed by atoms with Crippen LogP contribution in [0.25, 0.3) is 0 Å². The number of aliphatic hydroxyl groups is 5. The average molecular weight is 1130 g/mol. The molecule has 1 rings (SSSR count). The molecule has 1 aliphatic heterocycles. The van der Waals surface area contributed by atoms with E-state index >= 15 is 0 Å². The normalized spacial score (nSPS) is 18.8. The van der Waals surface area contributed by atoms with Gasteiger partial charge in [-0.1, -0.05) is 325 Å². The van der Waals surface area contributed by atoms with Gasteiger partial charge in [0.2, 0.25) is 5.91 Å². The maximum absolute atomic E-state index is 13.1. The van der Waals surface area contributed by atoms with Gasteiger partial charge in [-0.2, -0.15) is 0 Å². The van der Waals surface area contributed by atoms with E-state index in [0.29, 0.717) is 12.8 Å². The van der Waals surface area contributed by atoms with Crippen molar-refractivity contribution in [1.82, 2.24) is 5.32 Å². The third kappa shape index (κ3) is 48.3. The van der Waals surface area contributed by atoms with E-state index in [4.69, 9.17) is 9.47 Å². The van der Waals surface area contributed by atoms with Crippen molar-refractivity contribution in [2.75, 3.05) is 13.2 Å². The number of rotatable bonds is 60. The summed E-state index contributed by atoms with van der Waals surface area (Å²) in [5, 5.41) is 54.8. The molecule has 9 heteroatoms. The summed E-state index contributed by atoms with van der Waals surface area (Å²) in [6, 6.07) is -0.719. The maximum Gasteiger partial charge on any atom is 0.220 e. The second-order valence-corrected chi connectivity index (χ2v) is 23.9. The van der Waals surface area contributed by atoms with Gasteiger partial charge in [-0.15, -0.1) is 0 Å². The third-order valence-corrected chi connectivity index (χ3v) is 16.4. The molecule has 468 valence electrons. The van der Waals surface area contributed by atoms with E-state index in [2.05, 4.69) is 79.9 Å². The zero-order chi connectivity index (χ0) is 57.9. The van der Waals surface area contributed by atoms with Crippen LogP contribution in [0.5, 0.6) is 0 Å². The number of unbranched alkanes of at least 4 members (excludes halogenated alkanes) is 40. The highest BCUT2D eigenvalue weighted by Crippen LogP contribution is 2.24. The summed E-state index contributed by atoms with van der Waals surface area (Å²) < 4.78 is 11.4. The average Bonchev–Trinajstić information content (AvgIpc) is 3.46. The Kier molecular flexibility index (Phi) is 57.0. The molecule has 1 amide bonds. The number of amides is 1. The summed E-state index contributed by atoms with van der Waals surface area (Å²) in [6.07, 6.45) is 75.8. The fourth-order valence-electron chi connectivity index (χ4n) is 11.0. The first-order chi connectivity index (χ1) is 39.3. The highest BCUT2D eigenvalue weighted by molar-refractivity contribution is 5.76. The van der Waals surface area contributed by atoms with Gasteiger partial charge in [-0.3, -0.25) is 4.79 Å². The lowest BCUT2D eigenvalue weighted by molar-refractivity contribution is -0.302. The molecule has 0 bridgehead atoms. The molecule has 0 aliphatic carbocycles. The van der Waals surface area contributed by atoms with Crippen LogP contribution < -0.4 is 5.32 Å². The van der Waals surface area contributed by atoms with Gasteiger partial charge in [-0.05, 0) is 57.8 Å². The van der Waals surface area contributed by atoms with Crippen LogP contribution in [-0.2, 0) is 14.3 Å². The Hall–Kier alpha value is -2.11. The Morgan fingerprint density at radius 1 is 0.438 bits per heavy atom. The van der Waals surface area contributed by atoms with Crippen LogP contribution in [-0.4, -0.2) is 87.5 Å². The van der Waals surface area contributed by atoms with Crippen LogP contribution >= 0.6 is 0 Å². The number of carbonyl (C=O) groups is 1. The SMILES string of the molecule is CC/C=C\C/C=C\C/C=C\C/C=C\C/C=C\CCCCCCCCCCCCCCCCCCCCCCCCCC(=O)NC(COC1OC(CO)C(O)C(O)C1O)C(O)CCCCCCCCCCCCCCCCCCCC. The van der Waals surface area contributed by atoms with Crippen molar-refractivity contribution >= 4 is 5.91 Å². The van der Waals surface area contributed by atoms with Crippen molar-refractivity contribution < 1.29 is 39.8 Å². The molecule has 1 fully saturated rings. The van der Waals surface area contributed by atoms with Crippen LogP contribution in [0, 0.1) is 0 Å². The van der Waals surface area contributed by atoms with Gasteiger partial charge in [-0.25, -0.2) is 0 Å². The van der Waals surface area contributed by atoms with Crippen molar-refractivity contribution in [3.63, 3.8) is 0 Å². The van der Waals surface area contributed by atoms with Crippen LogP contribution in [0.4, 0.5) is 0 Å². The highest BCUT2D eigenvalue weighted by Gasteiger charge is 2.44. The summed E-state index contributed by atoms with van der Waals surface area (Å²) in [4.78, 5) is 13.1. The number of aliphatic hydroxyl groups excluding tert-OH is 5. The van der Waals surface area contributed by atoms with Gasteiger partial charge in [0.05, 0.1) is 25.4 Å². The number of ether oxygens (including phenoxy) is 2. The Bertz CT molecular complexity index is 1450. The van der Waals surface area contributed by atoms with Gasteiger partial charge in [0, 0.05) is 6.42 Å². The zero-order valence-corrected chi connectivity index (χ0v) is 52.3. The Morgan fingerprint density at radius 2 is 0.775 bits per heavy atom. The molecular weight excluding hydrogens is 995 g/mol. The third-order valence-electron chi connectivity index (χ3n) is 16.4. The standard InChI is InChI=1S/C71H131NO8/c1-3-5-7-9-11-13-15-17-19-21-23-24-25-26-27-28-29-30-31-32-33-34-35-36-37-38-39-40-41-42-43-45-47-49-51-53-55-57-59-61-67(75)72-64(63-79-71-70(78)69(77)68(76)66(62-73)80-71)65(74)60-58-56-54-52-50-48-46-44-22-20-18-16-14-12-10-8-6-4-2/h5,7,11,13,17,19,23-24,26-27,64-66,68-71,73-74,76-78H,3-4,6,8-10,12,14-16,18,20-22,25,28-63H2,1-2H3,(H,72,75)/b7-5-,13-11-,19-17-,24-23-,27-26-. The quantitative estimate of drug-likeness (QED) is 0.0261. The molecule has 0 saturated carbocycles. The summed E-state index contributed by atoms with van der Waals surface area (Å²) in [5.41, 5.74) is 0. The molecule has 0 aromatic rings. The summed E-state index contributed by atoms with van der Waals surface area (Å²) in [7, 11) is 0. The fraction of sp³-hybridized carbons (Fsp3) is 0.845. The first-order valence-electron chi connectivity index (χ1n) is 34.5. The van der Waals surface area contributed by atoms with Crippen LogP contribution in [0.2, 0.25) is 0 Å². The van der Waals surface area contributed by atoms with E-state index < -0.39 is 49.5 Å². The maximum atomic E-state index is 13.1. The molecule has 7 unspecified atom stereocenters. The van der Waals surface area contributed by atoms with Crippen LogP contribution in [0.3, 0.4) is 0 Å². The van der Waals surface area contributed by atoms with Gasteiger partial charge in [0.25, 0.3) is 0 Å². The Morgan fingerprint density at radius 3 is 1.15 bits per heavy atom. The number of carbonyl (C=O) groups excluding carboxylic acids is 1. The number of allylic oxidation sites excluding steroid dienone is 10. The molecule has 0 spiro atoms. The molecule has 6 N–H and O–H groups in total. The smallest absolute Gasteiger partial charge is 0.220 e.